The maximum Gasteiger partial charge on any atom is 0.209 e. The summed E-state index contributed by atoms with van der Waals surface area (Å²) in [6.07, 6.45) is 2.75. The topological polar surface area (TPSA) is 55.3 Å². The first-order valence-electron chi connectivity index (χ1n) is 6.62. The van der Waals surface area contributed by atoms with Gasteiger partial charge < -0.3 is 10.2 Å². The van der Waals surface area contributed by atoms with Gasteiger partial charge in [-0.05, 0) is 37.4 Å². The molecule has 4 heteroatoms. The zero-order valence-electron chi connectivity index (χ0n) is 10.7. The molecule has 0 atom stereocenters. The van der Waals surface area contributed by atoms with Crippen molar-refractivity contribution in [2.24, 2.45) is 5.92 Å². The summed E-state index contributed by atoms with van der Waals surface area (Å²) in [5.41, 5.74) is 8.13. The number of nitrogens with two attached hydrogens (primary N) is 1. The van der Waals surface area contributed by atoms with Gasteiger partial charge in [-0.1, -0.05) is 6.92 Å². The fourth-order valence-corrected chi connectivity index (χ4v) is 2.22. The van der Waals surface area contributed by atoms with E-state index >= 15 is 0 Å². The molecule has 0 spiro atoms. The molecule has 1 heterocycles. The molecule has 0 radical (unpaired) electrons. The first kappa shape index (κ1) is 11.5. The van der Waals surface area contributed by atoms with Crippen LogP contribution in [-0.4, -0.2) is 23.0 Å². The number of hydrogen-bond acceptors (Lipinski definition) is 4. The number of aromatic nitrogens is 1. The Hall–Kier alpha value is -1.55. The smallest absolute Gasteiger partial charge is 0.209 e. The van der Waals surface area contributed by atoms with Gasteiger partial charge in [0, 0.05) is 18.3 Å². The number of hydrogen-bond donors (Lipinski definition) is 1. The van der Waals surface area contributed by atoms with Crippen molar-refractivity contribution in [3.8, 4) is 0 Å². The van der Waals surface area contributed by atoms with Gasteiger partial charge in [-0.3, -0.25) is 4.90 Å². The third-order valence-electron chi connectivity index (χ3n) is 3.48. The molecule has 3 rings (SSSR count). The van der Waals surface area contributed by atoms with Gasteiger partial charge in [0.25, 0.3) is 0 Å². The number of anilines is 1. The molecule has 4 nitrogen and oxygen atoms in total. The van der Waals surface area contributed by atoms with Gasteiger partial charge in [-0.25, -0.2) is 4.98 Å². The lowest BCUT2D eigenvalue weighted by atomic mass is 10.3. The van der Waals surface area contributed by atoms with Gasteiger partial charge >= 0.3 is 0 Å². The quantitative estimate of drug-likeness (QED) is 0.823. The van der Waals surface area contributed by atoms with Crippen molar-refractivity contribution in [1.29, 1.82) is 0 Å². The molecule has 1 aromatic carbocycles. The lowest BCUT2D eigenvalue weighted by Crippen LogP contribution is -2.25. The SMILES string of the molecule is CCN(Cc1nc2ccc(N)cc2o1)CC1CC1. The molecule has 0 saturated heterocycles. The van der Waals surface area contributed by atoms with Crippen LogP contribution in [0.25, 0.3) is 11.1 Å². The van der Waals surface area contributed by atoms with Gasteiger partial charge in [0.15, 0.2) is 5.58 Å². The van der Waals surface area contributed by atoms with Crippen molar-refractivity contribution in [3.63, 3.8) is 0 Å². The van der Waals surface area contributed by atoms with E-state index in [4.69, 9.17) is 10.2 Å². The van der Waals surface area contributed by atoms with E-state index in [-0.39, 0.29) is 0 Å². The minimum Gasteiger partial charge on any atom is -0.439 e. The highest BCUT2D eigenvalue weighted by Crippen LogP contribution is 2.30. The van der Waals surface area contributed by atoms with E-state index in [2.05, 4.69) is 16.8 Å². The molecule has 0 amide bonds. The Balaban J connectivity index is 1.76. The summed E-state index contributed by atoms with van der Waals surface area (Å²) < 4.78 is 5.75. The maximum atomic E-state index is 5.75. The molecule has 2 aromatic rings. The summed E-state index contributed by atoms with van der Waals surface area (Å²) in [6.45, 7) is 5.18. The van der Waals surface area contributed by atoms with Crippen LogP contribution in [0.1, 0.15) is 25.7 Å². The Morgan fingerprint density at radius 2 is 2.28 bits per heavy atom. The number of rotatable bonds is 5. The van der Waals surface area contributed by atoms with E-state index in [1.165, 1.54) is 12.8 Å². The Labute approximate surface area is 107 Å². The van der Waals surface area contributed by atoms with Crippen LogP contribution in [0.4, 0.5) is 5.69 Å². The summed E-state index contributed by atoms with van der Waals surface area (Å²) in [5, 5.41) is 0. The summed E-state index contributed by atoms with van der Waals surface area (Å²) in [5.74, 6) is 1.68. The summed E-state index contributed by atoms with van der Waals surface area (Å²) >= 11 is 0. The van der Waals surface area contributed by atoms with Crippen molar-refractivity contribution in [2.75, 3.05) is 18.8 Å². The van der Waals surface area contributed by atoms with Crippen LogP contribution in [-0.2, 0) is 6.54 Å². The minimum absolute atomic E-state index is 0.718. The fraction of sp³-hybridized carbons (Fsp3) is 0.500. The second kappa shape index (κ2) is 4.61. The summed E-state index contributed by atoms with van der Waals surface area (Å²) in [6, 6.07) is 5.61. The van der Waals surface area contributed by atoms with Crippen LogP contribution >= 0.6 is 0 Å². The van der Waals surface area contributed by atoms with Gasteiger partial charge in [0.1, 0.15) is 5.52 Å². The predicted octanol–water partition coefficient (Wildman–Crippen LogP) is 2.64. The predicted molar refractivity (Wildman–Crippen MR) is 72.1 cm³/mol. The molecular formula is C14H19N3O. The first-order valence-corrected chi connectivity index (χ1v) is 6.62. The average molecular weight is 245 g/mol. The second-order valence-electron chi connectivity index (χ2n) is 5.11. The monoisotopic (exact) mass is 245 g/mol. The maximum absolute atomic E-state index is 5.75. The molecule has 1 fully saturated rings. The average Bonchev–Trinajstić information content (AvgIpc) is 3.07. The van der Waals surface area contributed by atoms with Crippen molar-refractivity contribution in [3.05, 3.63) is 24.1 Å². The Bertz CT molecular complexity index is 545. The molecule has 0 bridgehead atoms. The zero-order chi connectivity index (χ0) is 12.5. The van der Waals surface area contributed by atoms with E-state index < -0.39 is 0 Å². The highest BCUT2D eigenvalue weighted by atomic mass is 16.3. The Kier molecular flexibility index (Phi) is 2.96. The first-order chi connectivity index (χ1) is 8.74. The van der Waals surface area contributed by atoms with Crippen molar-refractivity contribution in [1.82, 2.24) is 9.88 Å². The third kappa shape index (κ3) is 2.48. The highest BCUT2D eigenvalue weighted by molar-refractivity contribution is 5.76. The zero-order valence-corrected chi connectivity index (χ0v) is 10.7. The molecule has 1 aromatic heterocycles. The molecule has 0 unspecified atom stereocenters. The van der Waals surface area contributed by atoms with E-state index in [1.807, 2.05) is 18.2 Å². The van der Waals surface area contributed by atoms with E-state index in [1.54, 1.807) is 0 Å². The van der Waals surface area contributed by atoms with Crippen molar-refractivity contribution >= 4 is 16.8 Å². The van der Waals surface area contributed by atoms with E-state index in [0.717, 1.165) is 48.2 Å². The van der Waals surface area contributed by atoms with Crippen molar-refractivity contribution < 1.29 is 4.42 Å². The number of nitrogen functional groups attached to an aromatic ring is 1. The normalized spacial score (nSPS) is 15.7. The fourth-order valence-electron chi connectivity index (χ4n) is 2.22. The molecule has 96 valence electrons. The Morgan fingerprint density at radius 3 is 3.00 bits per heavy atom. The van der Waals surface area contributed by atoms with Crippen LogP contribution < -0.4 is 5.73 Å². The van der Waals surface area contributed by atoms with Crippen LogP contribution in [0.5, 0.6) is 0 Å². The van der Waals surface area contributed by atoms with Crippen LogP contribution in [0.15, 0.2) is 22.6 Å². The molecule has 1 aliphatic carbocycles. The number of nitrogens with zero attached hydrogens (tertiary/aromatic N) is 2. The Morgan fingerprint density at radius 1 is 1.44 bits per heavy atom. The van der Waals surface area contributed by atoms with Crippen LogP contribution in [0.2, 0.25) is 0 Å². The molecule has 2 N–H and O–H groups in total. The molecule has 18 heavy (non-hydrogen) atoms. The van der Waals surface area contributed by atoms with E-state index in [0.29, 0.717) is 0 Å². The summed E-state index contributed by atoms with van der Waals surface area (Å²) in [4.78, 5) is 6.90. The van der Waals surface area contributed by atoms with Gasteiger partial charge in [0.2, 0.25) is 5.89 Å². The number of benzene rings is 1. The standard InChI is InChI=1S/C14H19N3O/c1-2-17(8-10-3-4-10)9-14-16-12-6-5-11(15)7-13(12)18-14/h5-7,10H,2-4,8-9,15H2,1H3. The van der Waals surface area contributed by atoms with Gasteiger partial charge in [-0.2, -0.15) is 0 Å². The molecule has 0 aliphatic heterocycles. The highest BCUT2D eigenvalue weighted by Gasteiger charge is 2.24. The number of fused-ring (bicyclic) bond motifs is 1. The van der Waals surface area contributed by atoms with Crippen LogP contribution in [0, 0.1) is 5.92 Å². The third-order valence-corrected chi connectivity index (χ3v) is 3.48. The molecule has 1 aliphatic rings. The number of oxazole rings is 1. The van der Waals surface area contributed by atoms with Crippen molar-refractivity contribution in [2.45, 2.75) is 26.3 Å². The minimum atomic E-state index is 0.718. The van der Waals surface area contributed by atoms with Gasteiger partial charge in [-0.15, -0.1) is 0 Å². The van der Waals surface area contributed by atoms with Gasteiger partial charge in [0.05, 0.1) is 6.54 Å². The van der Waals surface area contributed by atoms with Crippen LogP contribution in [0.3, 0.4) is 0 Å². The van der Waals surface area contributed by atoms with E-state index in [9.17, 15) is 0 Å². The lowest BCUT2D eigenvalue weighted by molar-refractivity contribution is 0.244. The molecular weight excluding hydrogens is 226 g/mol. The second-order valence-corrected chi connectivity index (χ2v) is 5.11. The molecule has 1 saturated carbocycles. The lowest BCUT2D eigenvalue weighted by Gasteiger charge is -2.17. The largest absolute Gasteiger partial charge is 0.439 e. The summed E-state index contributed by atoms with van der Waals surface area (Å²) in [7, 11) is 0.